The molecule has 6 heteroatoms. The highest BCUT2D eigenvalue weighted by atomic mass is 29.7. The van der Waals surface area contributed by atoms with E-state index >= 15 is 0 Å². The lowest BCUT2D eigenvalue weighted by Gasteiger charge is -2.45. The Bertz CT molecular complexity index is 178. The summed E-state index contributed by atoms with van der Waals surface area (Å²) in [6.45, 7) is 11.2. The molecular weight excluding hydrogens is 228 g/mol. The van der Waals surface area contributed by atoms with Crippen LogP contribution in [0.2, 0.25) is 32.7 Å². The van der Waals surface area contributed by atoms with Gasteiger partial charge in [-0.05, 0) is 32.7 Å². The van der Waals surface area contributed by atoms with Crippen LogP contribution in [0, 0.1) is 0 Å². The monoisotopic (exact) mass is 252 g/mol. The van der Waals surface area contributed by atoms with E-state index < -0.39 is 23.0 Å². The third kappa shape index (κ3) is 2.20. The van der Waals surface area contributed by atoms with E-state index in [1.54, 1.807) is 14.2 Å². The van der Waals surface area contributed by atoms with E-state index in [1.165, 1.54) is 0 Å². The molecule has 0 bridgehead atoms. The van der Waals surface area contributed by atoms with Crippen molar-refractivity contribution in [2.75, 3.05) is 21.3 Å². The summed E-state index contributed by atoms with van der Waals surface area (Å²) in [7, 11) is 0.105. The molecule has 0 aromatic heterocycles. The Hall–Kier alpha value is 0.531. The molecule has 0 radical (unpaired) electrons. The second kappa shape index (κ2) is 4.58. The highest BCUT2D eigenvalue weighted by molar-refractivity contribution is 7.64. The van der Waals surface area contributed by atoms with Gasteiger partial charge in [-0.25, -0.2) is 0 Å². The molecule has 0 saturated carbocycles. The maximum Gasteiger partial charge on any atom is 0.226 e. The van der Waals surface area contributed by atoms with Crippen molar-refractivity contribution in [3.05, 3.63) is 0 Å². The van der Waals surface area contributed by atoms with Gasteiger partial charge in [0.15, 0.2) is 0 Å². The molecule has 0 fully saturated rings. The van der Waals surface area contributed by atoms with Crippen molar-refractivity contribution in [3.63, 3.8) is 0 Å². The smallest absolute Gasteiger partial charge is 0.226 e. The third-order valence-electron chi connectivity index (χ3n) is 3.73. The zero-order chi connectivity index (χ0) is 11.6. The summed E-state index contributed by atoms with van der Waals surface area (Å²) in [6.07, 6.45) is 0. The molecule has 14 heavy (non-hydrogen) atoms. The molecular formula is C8H24O3Si3. The molecule has 0 saturated heterocycles. The van der Waals surface area contributed by atoms with E-state index in [2.05, 4.69) is 32.7 Å². The van der Waals surface area contributed by atoms with Gasteiger partial charge in [-0.3, -0.25) is 0 Å². The quantitative estimate of drug-likeness (QED) is 0.701. The van der Waals surface area contributed by atoms with Gasteiger partial charge in [0.2, 0.25) is 23.0 Å². The summed E-state index contributed by atoms with van der Waals surface area (Å²) in [6, 6.07) is 0. The van der Waals surface area contributed by atoms with Crippen LogP contribution in [-0.4, -0.2) is 44.4 Å². The second-order valence-corrected chi connectivity index (χ2v) is 28.4. The summed E-state index contributed by atoms with van der Waals surface area (Å²) >= 11 is 0. The van der Waals surface area contributed by atoms with Gasteiger partial charge in [0.05, 0.1) is 0 Å². The molecule has 3 nitrogen and oxygen atoms in total. The van der Waals surface area contributed by atoms with Crippen LogP contribution in [0.3, 0.4) is 0 Å². The van der Waals surface area contributed by atoms with E-state index in [0.717, 1.165) is 0 Å². The van der Waals surface area contributed by atoms with E-state index in [4.69, 9.17) is 13.3 Å². The minimum Gasteiger partial charge on any atom is -0.420 e. The van der Waals surface area contributed by atoms with Crippen molar-refractivity contribution in [1.29, 1.82) is 0 Å². The number of rotatable bonds is 5. The Balaban J connectivity index is 5.18. The molecule has 0 aromatic carbocycles. The summed E-state index contributed by atoms with van der Waals surface area (Å²) < 4.78 is 17.3. The Morgan fingerprint density at radius 1 is 0.571 bits per heavy atom. The predicted molar refractivity (Wildman–Crippen MR) is 67.6 cm³/mol. The van der Waals surface area contributed by atoms with Crippen LogP contribution in [0.5, 0.6) is 0 Å². The number of hydrogen-bond donors (Lipinski definition) is 0. The molecule has 0 atom stereocenters. The van der Waals surface area contributed by atoms with Gasteiger partial charge >= 0.3 is 0 Å². The van der Waals surface area contributed by atoms with Crippen molar-refractivity contribution in [1.82, 2.24) is 0 Å². The van der Waals surface area contributed by atoms with Crippen molar-refractivity contribution >= 4 is 23.0 Å². The van der Waals surface area contributed by atoms with Crippen LogP contribution in [0.15, 0.2) is 0 Å². The molecule has 0 aliphatic rings. The lowest BCUT2D eigenvalue weighted by atomic mass is 11.8. The number of hydrogen-bond acceptors (Lipinski definition) is 3. The van der Waals surface area contributed by atoms with Crippen molar-refractivity contribution in [3.8, 4) is 0 Å². The Morgan fingerprint density at radius 2 is 0.857 bits per heavy atom. The molecule has 0 spiro atoms. The van der Waals surface area contributed by atoms with E-state index in [1.807, 2.05) is 7.11 Å². The molecule has 0 rings (SSSR count). The maximum absolute atomic E-state index is 5.86. The SMILES string of the molecule is CO[Si](C)(C)[Si](C)(OC)[Si](C)(C)OC. The first-order valence-electron chi connectivity index (χ1n) is 4.84. The van der Waals surface area contributed by atoms with Gasteiger partial charge in [-0.1, -0.05) is 0 Å². The Labute approximate surface area is 90.7 Å². The molecule has 0 aliphatic heterocycles. The Kier molecular flexibility index (Phi) is 4.76. The summed E-state index contributed by atoms with van der Waals surface area (Å²) in [5.74, 6) is 0. The standard InChI is InChI=1S/C8H24O3Si3/c1-9-12(4,5)14(8,11-3)13(6,7)10-2/h1-8H3. The van der Waals surface area contributed by atoms with E-state index in [9.17, 15) is 0 Å². The third-order valence-corrected chi connectivity index (χ3v) is 38.3. The first-order valence-corrected chi connectivity index (χ1v) is 15.1. The summed E-state index contributed by atoms with van der Waals surface area (Å²) in [5.41, 5.74) is 0. The van der Waals surface area contributed by atoms with Crippen LogP contribution in [0.4, 0.5) is 0 Å². The van der Waals surface area contributed by atoms with Gasteiger partial charge in [0.1, 0.15) is 0 Å². The maximum atomic E-state index is 5.86. The average Bonchev–Trinajstić information content (AvgIpc) is 2.15. The highest BCUT2D eigenvalue weighted by Gasteiger charge is 2.60. The summed E-state index contributed by atoms with van der Waals surface area (Å²) in [4.78, 5) is 0. The molecule has 0 aliphatic carbocycles. The molecule has 0 unspecified atom stereocenters. The van der Waals surface area contributed by atoms with Crippen LogP contribution in [0.1, 0.15) is 0 Å². The normalized spacial score (nSPS) is 14.6. The average molecular weight is 253 g/mol. The molecule has 86 valence electrons. The Morgan fingerprint density at radius 3 is 1.00 bits per heavy atom. The fourth-order valence-corrected chi connectivity index (χ4v) is 29.3. The molecule has 0 heterocycles. The fourth-order valence-electron chi connectivity index (χ4n) is 1.61. The van der Waals surface area contributed by atoms with Gasteiger partial charge < -0.3 is 13.3 Å². The van der Waals surface area contributed by atoms with Crippen LogP contribution in [-0.2, 0) is 13.3 Å². The van der Waals surface area contributed by atoms with Crippen LogP contribution in [0.25, 0.3) is 0 Å². The van der Waals surface area contributed by atoms with Crippen molar-refractivity contribution in [2.24, 2.45) is 0 Å². The molecule has 0 N–H and O–H groups in total. The lowest BCUT2D eigenvalue weighted by Crippen LogP contribution is -2.75. The van der Waals surface area contributed by atoms with Gasteiger partial charge in [-0.15, -0.1) is 0 Å². The van der Waals surface area contributed by atoms with Crippen LogP contribution >= 0.6 is 0 Å². The van der Waals surface area contributed by atoms with E-state index in [0.29, 0.717) is 0 Å². The zero-order valence-corrected chi connectivity index (χ0v) is 13.7. The van der Waals surface area contributed by atoms with E-state index in [-0.39, 0.29) is 0 Å². The van der Waals surface area contributed by atoms with Crippen molar-refractivity contribution in [2.45, 2.75) is 32.7 Å². The van der Waals surface area contributed by atoms with Crippen molar-refractivity contribution < 1.29 is 13.3 Å². The minimum atomic E-state index is -1.85. The molecule has 0 amide bonds. The molecule has 0 aromatic rings. The van der Waals surface area contributed by atoms with Crippen LogP contribution < -0.4 is 0 Å². The minimum absolute atomic E-state index is 1.73. The lowest BCUT2D eigenvalue weighted by molar-refractivity contribution is 0.365. The largest absolute Gasteiger partial charge is 0.420 e. The van der Waals surface area contributed by atoms with Gasteiger partial charge in [0, 0.05) is 21.3 Å². The predicted octanol–water partition coefficient (Wildman–Crippen LogP) is 2.07. The zero-order valence-electron chi connectivity index (χ0n) is 10.7. The second-order valence-electron chi connectivity index (χ2n) is 4.67. The fraction of sp³-hybridized carbons (Fsp3) is 1.00. The van der Waals surface area contributed by atoms with Gasteiger partial charge in [-0.2, -0.15) is 0 Å². The highest BCUT2D eigenvalue weighted by Crippen LogP contribution is 2.30. The topological polar surface area (TPSA) is 27.7 Å². The first kappa shape index (κ1) is 14.5. The summed E-state index contributed by atoms with van der Waals surface area (Å²) in [5, 5.41) is 0. The van der Waals surface area contributed by atoms with Gasteiger partial charge in [0.25, 0.3) is 0 Å². The first-order chi connectivity index (χ1) is 6.18.